The molecule has 0 aromatic heterocycles. The zero-order valence-electron chi connectivity index (χ0n) is 15.8. The van der Waals surface area contributed by atoms with Gasteiger partial charge in [-0.05, 0) is 43.9 Å². The number of hydrogen-bond acceptors (Lipinski definition) is 7. The summed E-state index contributed by atoms with van der Waals surface area (Å²) in [5, 5.41) is 2.73. The predicted molar refractivity (Wildman–Crippen MR) is 94.0 cm³/mol. The van der Waals surface area contributed by atoms with Gasteiger partial charge in [-0.25, -0.2) is 0 Å². The number of benzene rings is 1. The molecule has 146 valence electrons. The van der Waals surface area contributed by atoms with E-state index in [1.807, 2.05) is 0 Å². The number of methoxy groups -OCH3 is 3. The van der Waals surface area contributed by atoms with Gasteiger partial charge in [-0.2, -0.15) is 0 Å². The van der Waals surface area contributed by atoms with Crippen LogP contribution in [0.4, 0.5) is 0 Å². The molecule has 1 aliphatic carbocycles. The van der Waals surface area contributed by atoms with Crippen LogP contribution in [-0.2, 0) is 25.5 Å². The summed E-state index contributed by atoms with van der Waals surface area (Å²) in [7, 11) is 4.45. The van der Waals surface area contributed by atoms with Crippen LogP contribution in [0.5, 0.6) is 17.2 Å². The molecular weight excluding hydrogens is 354 g/mol. The number of ether oxygens (including phenoxy) is 4. The second-order valence-electron chi connectivity index (χ2n) is 6.86. The number of cyclic esters (lactones) is 1. The van der Waals surface area contributed by atoms with Crippen molar-refractivity contribution in [2.24, 2.45) is 5.92 Å². The molecule has 0 radical (unpaired) electrons. The van der Waals surface area contributed by atoms with Gasteiger partial charge in [0.2, 0.25) is 11.4 Å². The van der Waals surface area contributed by atoms with Crippen molar-refractivity contribution >= 4 is 17.7 Å². The van der Waals surface area contributed by atoms with Crippen molar-refractivity contribution in [2.45, 2.75) is 37.8 Å². The second kappa shape index (κ2) is 7.09. The summed E-state index contributed by atoms with van der Waals surface area (Å²) in [6.07, 6.45) is 1.82. The Labute approximate surface area is 157 Å². The number of amides is 1. The molecule has 2 aliphatic rings. The van der Waals surface area contributed by atoms with E-state index in [0.717, 1.165) is 12.8 Å². The van der Waals surface area contributed by atoms with E-state index in [1.54, 1.807) is 12.1 Å². The molecule has 27 heavy (non-hydrogen) atoms. The van der Waals surface area contributed by atoms with Gasteiger partial charge in [0.05, 0.1) is 21.3 Å². The largest absolute Gasteiger partial charge is 0.493 e. The first kappa shape index (κ1) is 19.0. The summed E-state index contributed by atoms with van der Waals surface area (Å²) in [5.74, 6) is -1.63. The topological polar surface area (TPSA) is 100 Å². The molecule has 8 heteroatoms. The number of rotatable bonds is 7. The molecule has 8 nitrogen and oxygen atoms in total. The summed E-state index contributed by atoms with van der Waals surface area (Å²) < 4.78 is 21.1. The third-order valence-electron chi connectivity index (χ3n) is 4.89. The van der Waals surface area contributed by atoms with Gasteiger partial charge < -0.3 is 24.3 Å². The molecule has 1 saturated carbocycles. The van der Waals surface area contributed by atoms with Crippen molar-refractivity contribution in [3.05, 3.63) is 17.7 Å². The number of nitrogens with one attached hydrogen (secondary N) is 1. The zero-order chi connectivity index (χ0) is 19.8. The van der Waals surface area contributed by atoms with Crippen LogP contribution in [-0.4, -0.2) is 50.6 Å². The van der Waals surface area contributed by atoms with Crippen molar-refractivity contribution in [3.63, 3.8) is 0 Å². The van der Waals surface area contributed by atoms with E-state index in [2.05, 4.69) is 5.32 Å². The molecule has 0 bridgehead atoms. The molecule has 0 spiro atoms. The number of ketones is 1. The lowest BCUT2D eigenvalue weighted by Crippen LogP contribution is -2.50. The van der Waals surface area contributed by atoms with E-state index in [9.17, 15) is 14.4 Å². The van der Waals surface area contributed by atoms with Gasteiger partial charge >= 0.3 is 5.97 Å². The highest BCUT2D eigenvalue weighted by atomic mass is 16.6. The number of hydrogen-bond donors (Lipinski definition) is 1. The summed E-state index contributed by atoms with van der Waals surface area (Å²) >= 11 is 0. The Morgan fingerprint density at radius 3 is 2.22 bits per heavy atom. The first-order valence-corrected chi connectivity index (χ1v) is 8.71. The molecule has 2 atom stereocenters. The number of esters is 1. The van der Waals surface area contributed by atoms with E-state index >= 15 is 0 Å². The van der Waals surface area contributed by atoms with E-state index in [4.69, 9.17) is 18.9 Å². The lowest BCUT2D eigenvalue weighted by molar-refractivity contribution is -0.160. The zero-order valence-corrected chi connectivity index (χ0v) is 15.8. The fourth-order valence-electron chi connectivity index (χ4n) is 3.14. The number of carbonyl (C=O) groups is 3. The third kappa shape index (κ3) is 3.43. The average Bonchev–Trinajstić information content (AvgIpc) is 3.44. The van der Waals surface area contributed by atoms with Crippen molar-refractivity contribution < 1.29 is 33.3 Å². The van der Waals surface area contributed by atoms with Gasteiger partial charge in [0.15, 0.2) is 17.3 Å². The molecule has 2 fully saturated rings. The van der Waals surface area contributed by atoms with Crippen LogP contribution >= 0.6 is 0 Å². The standard InChI is InChI=1S/C19H23NO7/c1-19(18(23)20-11-5-6-11)16(21)12(17(22)27-19)7-10-8-13(24-2)15(26-4)14(9-10)25-3/h8-9,11-12H,5-7H2,1-4H3,(H,20,23). The van der Waals surface area contributed by atoms with E-state index in [1.165, 1.54) is 28.3 Å². The molecular formula is C19H23NO7. The van der Waals surface area contributed by atoms with E-state index in [-0.39, 0.29) is 12.5 Å². The molecule has 1 aliphatic heterocycles. The highest BCUT2D eigenvalue weighted by Gasteiger charge is 2.57. The molecule has 3 rings (SSSR count). The molecule has 1 saturated heterocycles. The minimum absolute atomic E-state index is 0.0648. The van der Waals surface area contributed by atoms with Crippen LogP contribution in [0.15, 0.2) is 12.1 Å². The van der Waals surface area contributed by atoms with E-state index in [0.29, 0.717) is 22.8 Å². The normalized spacial score (nSPS) is 24.4. The van der Waals surface area contributed by atoms with Crippen LogP contribution in [0.3, 0.4) is 0 Å². The maximum absolute atomic E-state index is 12.8. The number of Topliss-reactive ketones (excluding diaryl/α,β-unsaturated/α-hetero) is 1. The highest BCUT2D eigenvalue weighted by molar-refractivity contribution is 6.20. The molecule has 1 aromatic carbocycles. The Morgan fingerprint density at radius 1 is 1.15 bits per heavy atom. The monoisotopic (exact) mass is 377 g/mol. The van der Waals surface area contributed by atoms with Gasteiger partial charge in [0.1, 0.15) is 5.92 Å². The van der Waals surface area contributed by atoms with Crippen LogP contribution in [0.2, 0.25) is 0 Å². The Morgan fingerprint density at radius 2 is 1.74 bits per heavy atom. The summed E-state index contributed by atoms with van der Waals surface area (Å²) in [6, 6.07) is 3.40. The fraction of sp³-hybridized carbons (Fsp3) is 0.526. The Bertz CT molecular complexity index is 761. The van der Waals surface area contributed by atoms with Crippen LogP contribution < -0.4 is 19.5 Å². The van der Waals surface area contributed by atoms with Crippen LogP contribution in [0, 0.1) is 5.92 Å². The van der Waals surface area contributed by atoms with Gasteiger partial charge in [-0.15, -0.1) is 0 Å². The second-order valence-corrected chi connectivity index (χ2v) is 6.86. The maximum atomic E-state index is 12.8. The Balaban J connectivity index is 1.84. The summed E-state index contributed by atoms with van der Waals surface area (Å²) in [4.78, 5) is 37.5. The Kier molecular flexibility index (Phi) is 4.99. The van der Waals surface area contributed by atoms with Crippen molar-refractivity contribution in [1.82, 2.24) is 5.32 Å². The fourth-order valence-corrected chi connectivity index (χ4v) is 3.14. The minimum Gasteiger partial charge on any atom is -0.493 e. The smallest absolute Gasteiger partial charge is 0.318 e. The minimum atomic E-state index is -1.79. The average molecular weight is 377 g/mol. The highest BCUT2D eigenvalue weighted by Crippen LogP contribution is 2.40. The third-order valence-corrected chi connectivity index (χ3v) is 4.89. The van der Waals surface area contributed by atoms with Gasteiger partial charge in [-0.3, -0.25) is 14.4 Å². The molecule has 1 amide bonds. The molecule has 1 aromatic rings. The predicted octanol–water partition coefficient (Wildman–Crippen LogP) is 1.03. The van der Waals surface area contributed by atoms with Gasteiger partial charge in [0.25, 0.3) is 5.91 Å². The van der Waals surface area contributed by atoms with Crippen molar-refractivity contribution in [3.8, 4) is 17.2 Å². The van der Waals surface area contributed by atoms with Crippen LogP contribution in [0.25, 0.3) is 0 Å². The van der Waals surface area contributed by atoms with Gasteiger partial charge in [0, 0.05) is 6.04 Å². The lowest BCUT2D eigenvalue weighted by atomic mass is 9.88. The first-order valence-electron chi connectivity index (χ1n) is 8.71. The SMILES string of the molecule is COc1cc(CC2C(=O)OC(C)(C(=O)NC3CC3)C2=O)cc(OC)c1OC. The quantitative estimate of drug-likeness (QED) is 0.560. The summed E-state index contributed by atoms with van der Waals surface area (Å²) in [5.41, 5.74) is -1.16. The van der Waals surface area contributed by atoms with Crippen LogP contribution in [0.1, 0.15) is 25.3 Å². The van der Waals surface area contributed by atoms with Gasteiger partial charge in [-0.1, -0.05) is 0 Å². The maximum Gasteiger partial charge on any atom is 0.318 e. The molecule has 1 heterocycles. The number of carbonyl (C=O) groups excluding carboxylic acids is 3. The Hall–Kier alpha value is -2.77. The molecule has 1 N–H and O–H groups in total. The van der Waals surface area contributed by atoms with E-state index < -0.39 is 29.2 Å². The van der Waals surface area contributed by atoms with Crippen molar-refractivity contribution in [2.75, 3.05) is 21.3 Å². The lowest BCUT2D eigenvalue weighted by Gasteiger charge is -2.20. The van der Waals surface area contributed by atoms with Crippen molar-refractivity contribution in [1.29, 1.82) is 0 Å². The summed E-state index contributed by atoms with van der Waals surface area (Å²) in [6.45, 7) is 1.35. The molecule has 2 unspecified atom stereocenters. The first-order chi connectivity index (χ1) is 12.8.